The minimum atomic E-state index is -0.868. The number of hydrogen-bond acceptors (Lipinski definition) is 5. The van der Waals surface area contributed by atoms with Crippen LogP contribution in [0.3, 0.4) is 0 Å². The van der Waals surface area contributed by atoms with Gasteiger partial charge in [-0.1, -0.05) is 68.4 Å². The Morgan fingerprint density at radius 2 is 1.58 bits per heavy atom. The van der Waals surface area contributed by atoms with E-state index in [1.165, 1.54) is 19.3 Å². The van der Waals surface area contributed by atoms with Gasteiger partial charge in [-0.15, -0.1) is 0 Å². The summed E-state index contributed by atoms with van der Waals surface area (Å²) in [5.74, 6) is -0.868. The summed E-state index contributed by atoms with van der Waals surface area (Å²) in [4.78, 5) is 19.1. The van der Waals surface area contributed by atoms with E-state index in [4.69, 9.17) is 15.6 Å². The van der Waals surface area contributed by atoms with Crippen LogP contribution in [0.4, 0.5) is 0 Å². The number of unbranched alkanes of at least 4 members (excludes halogenated alkanes) is 3. The summed E-state index contributed by atoms with van der Waals surface area (Å²) in [7, 11) is 0. The Morgan fingerprint density at radius 3 is 2.15 bits per heavy atom. The molecule has 2 atom stereocenters. The van der Waals surface area contributed by atoms with Crippen LogP contribution < -0.4 is 0 Å². The molecular weight excluding hydrogens is 336 g/mol. The van der Waals surface area contributed by atoms with E-state index in [1.807, 2.05) is 6.08 Å². The van der Waals surface area contributed by atoms with Gasteiger partial charge in [-0.05, 0) is 32.1 Å². The number of allylic oxidation sites excluding steroid dienone is 5. The maximum absolute atomic E-state index is 10.4. The number of carboxylic acid groups (broad SMARTS) is 1. The Kier molecular flexibility index (Phi) is 16.9. The van der Waals surface area contributed by atoms with Crippen molar-refractivity contribution in [1.82, 2.24) is 0 Å². The minimum absolute atomic E-state index is 0.0435. The fourth-order valence-corrected chi connectivity index (χ4v) is 2.16. The number of carbonyl (C=O) groups is 1. The molecule has 0 fully saturated rings. The molecule has 0 bridgehead atoms. The number of aliphatic carboxylic acids is 1. The third kappa shape index (κ3) is 15.8. The molecule has 2 unspecified atom stereocenters. The molecule has 0 aromatic rings. The summed E-state index contributed by atoms with van der Waals surface area (Å²) in [6, 6.07) is 0. The van der Waals surface area contributed by atoms with E-state index in [0.717, 1.165) is 6.42 Å². The van der Waals surface area contributed by atoms with Crippen molar-refractivity contribution < 1.29 is 30.2 Å². The molecule has 6 heteroatoms. The van der Waals surface area contributed by atoms with Gasteiger partial charge in [0.1, 0.15) is 12.2 Å². The summed E-state index contributed by atoms with van der Waals surface area (Å²) < 4.78 is 0. The largest absolute Gasteiger partial charge is 0.481 e. The molecule has 26 heavy (non-hydrogen) atoms. The normalized spacial score (nSPS) is 14.9. The van der Waals surface area contributed by atoms with Crippen molar-refractivity contribution in [3.63, 3.8) is 0 Å². The van der Waals surface area contributed by atoms with Gasteiger partial charge < -0.3 is 5.11 Å². The molecule has 6 nitrogen and oxygen atoms in total. The lowest BCUT2D eigenvalue weighted by molar-refractivity contribution is -0.267. The van der Waals surface area contributed by atoms with Crippen molar-refractivity contribution in [2.24, 2.45) is 0 Å². The molecule has 0 heterocycles. The predicted octanol–water partition coefficient (Wildman–Crippen LogP) is 5.15. The van der Waals surface area contributed by atoms with Gasteiger partial charge in [0, 0.05) is 6.42 Å². The van der Waals surface area contributed by atoms with E-state index in [1.54, 1.807) is 36.5 Å². The Balaban J connectivity index is 4.11. The molecule has 0 aromatic carbocycles. The quantitative estimate of drug-likeness (QED) is 0.115. The van der Waals surface area contributed by atoms with Crippen LogP contribution in [-0.4, -0.2) is 33.8 Å². The van der Waals surface area contributed by atoms with Gasteiger partial charge in [0.05, 0.1) is 0 Å². The minimum Gasteiger partial charge on any atom is -0.481 e. The van der Waals surface area contributed by atoms with Crippen molar-refractivity contribution in [1.29, 1.82) is 0 Å². The van der Waals surface area contributed by atoms with E-state index in [9.17, 15) is 4.79 Å². The first-order chi connectivity index (χ1) is 12.6. The highest BCUT2D eigenvalue weighted by Crippen LogP contribution is 2.06. The van der Waals surface area contributed by atoms with Gasteiger partial charge in [0.15, 0.2) is 0 Å². The first-order valence-electron chi connectivity index (χ1n) is 9.12. The van der Waals surface area contributed by atoms with Crippen LogP contribution in [0.5, 0.6) is 0 Å². The zero-order valence-corrected chi connectivity index (χ0v) is 15.5. The topological polar surface area (TPSA) is 96.2 Å². The molecule has 0 rings (SSSR count). The summed E-state index contributed by atoms with van der Waals surface area (Å²) in [6.45, 7) is 2.17. The van der Waals surface area contributed by atoms with Crippen molar-refractivity contribution in [3.8, 4) is 0 Å². The molecule has 0 saturated heterocycles. The van der Waals surface area contributed by atoms with Crippen LogP contribution in [0.1, 0.15) is 58.3 Å². The smallest absolute Gasteiger partial charge is 0.303 e. The molecular formula is C20H32O6. The van der Waals surface area contributed by atoms with Gasteiger partial charge in [0.2, 0.25) is 0 Å². The molecule has 0 amide bonds. The van der Waals surface area contributed by atoms with Crippen molar-refractivity contribution in [2.45, 2.75) is 70.5 Å². The maximum Gasteiger partial charge on any atom is 0.303 e. The van der Waals surface area contributed by atoms with Crippen LogP contribution in [-0.2, 0) is 14.6 Å². The molecule has 0 aliphatic rings. The average Bonchev–Trinajstić information content (AvgIpc) is 2.63. The third-order valence-electron chi connectivity index (χ3n) is 3.64. The molecule has 3 N–H and O–H groups in total. The van der Waals surface area contributed by atoms with Gasteiger partial charge in [-0.25, -0.2) is 9.78 Å². The number of hydrogen-bond donors (Lipinski definition) is 3. The lowest BCUT2D eigenvalue weighted by Crippen LogP contribution is -2.08. The molecule has 0 aliphatic carbocycles. The fraction of sp³-hybridized carbons (Fsp3) is 0.550. The molecule has 0 saturated carbocycles. The lowest BCUT2D eigenvalue weighted by Gasteiger charge is -2.06. The molecule has 0 aliphatic heterocycles. The van der Waals surface area contributed by atoms with Crippen molar-refractivity contribution >= 4 is 5.97 Å². The highest BCUT2D eigenvalue weighted by Gasteiger charge is 2.05. The second kappa shape index (κ2) is 18.1. The Bertz CT molecular complexity index is 453. The second-order valence-electron chi connectivity index (χ2n) is 5.93. The highest BCUT2D eigenvalue weighted by molar-refractivity contribution is 5.66. The predicted molar refractivity (Wildman–Crippen MR) is 102 cm³/mol. The SMILES string of the molecule is CCCCC/C=C/CC(/C=C/C=C/C=C/C(CCCC(=O)O)OO)OO. The van der Waals surface area contributed by atoms with Gasteiger partial charge in [-0.2, -0.15) is 0 Å². The second-order valence-corrected chi connectivity index (χ2v) is 5.93. The standard InChI is InChI=1S/C20H32O6/c1-2-3-4-5-6-9-13-18(25-23)14-10-7-8-11-15-19(26-24)16-12-17-20(21)22/h6-11,14-15,18-19,23-24H,2-5,12-13,16-17H2,1H3,(H,21,22)/b8-7+,9-6+,14-10+,15-11+. The van der Waals surface area contributed by atoms with E-state index >= 15 is 0 Å². The summed E-state index contributed by atoms with van der Waals surface area (Å²) in [5, 5.41) is 26.2. The fourth-order valence-electron chi connectivity index (χ4n) is 2.16. The monoisotopic (exact) mass is 368 g/mol. The lowest BCUT2D eigenvalue weighted by atomic mass is 10.1. The van der Waals surface area contributed by atoms with Crippen LogP contribution in [0, 0.1) is 0 Å². The van der Waals surface area contributed by atoms with Crippen LogP contribution >= 0.6 is 0 Å². The Labute approximate surface area is 156 Å². The van der Waals surface area contributed by atoms with E-state index < -0.39 is 18.2 Å². The van der Waals surface area contributed by atoms with Gasteiger partial charge in [-0.3, -0.25) is 15.3 Å². The number of rotatable bonds is 16. The average molecular weight is 368 g/mol. The third-order valence-corrected chi connectivity index (χ3v) is 3.64. The van der Waals surface area contributed by atoms with Crippen molar-refractivity contribution in [3.05, 3.63) is 48.6 Å². The molecule has 148 valence electrons. The highest BCUT2D eigenvalue weighted by atomic mass is 17.1. The molecule has 0 aromatic heterocycles. The van der Waals surface area contributed by atoms with Crippen LogP contribution in [0.2, 0.25) is 0 Å². The molecule has 0 spiro atoms. The van der Waals surface area contributed by atoms with E-state index in [0.29, 0.717) is 19.3 Å². The van der Waals surface area contributed by atoms with Crippen molar-refractivity contribution in [2.75, 3.05) is 0 Å². The van der Waals surface area contributed by atoms with Crippen LogP contribution in [0.15, 0.2) is 48.6 Å². The summed E-state index contributed by atoms with van der Waals surface area (Å²) in [6.07, 6.45) is 19.7. The molecule has 0 radical (unpaired) electrons. The zero-order chi connectivity index (χ0) is 19.5. The van der Waals surface area contributed by atoms with E-state index in [2.05, 4.69) is 22.8 Å². The summed E-state index contributed by atoms with van der Waals surface area (Å²) in [5.41, 5.74) is 0. The first-order valence-corrected chi connectivity index (χ1v) is 9.12. The van der Waals surface area contributed by atoms with E-state index in [-0.39, 0.29) is 6.42 Å². The van der Waals surface area contributed by atoms with Gasteiger partial charge >= 0.3 is 5.97 Å². The maximum atomic E-state index is 10.4. The summed E-state index contributed by atoms with van der Waals surface area (Å²) >= 11 is 0. The number of carboxylic acids is 1. The van der Waals surface area contributed by atoms with Gasteiger partial charge in [0.25, 0.3) is 0 Å². The van der Waals surface area contributed by atoms with Crippen LogP contribution in [0.25, 0.3) is 0 Å². The zero-order valence-electron chi connectivity index (χ0n) is 15.5. The first kappa shape index (κ1) is 24.3. The Morgan fingerprint density at radius 1 is 0.923 bits per heavy atom. The Hall–Kier alpha value is -1.73.